The van der Waals surface area contributed by atoms with Gasteiger partial charge in [-0.1, -0.05) is 60.7 Å². The molecule has 2 amide bonds. The van der Waals surface area contributed by atoms with Gasteiger partial charge in [-0.2, -0.15) is 0 Å². The fourth-order valence-corrected chi connectivity index (χ4v) is 2.24. The van der Waals surface area contributed by atoms with Crippen LogP contribution in [0.25, 0.3) is 0 Å². The van der Waals surface area contributed by atoms with Crippen LogP contribution in [-0.4, -0.2) is 19.1 Å². The highest BCUT2D eigenvalue weighted by molar-refractivity contribution is 5.84. The van der Waals surface area contributed by atoms with Crippen molar-refractivity contribution in [1.29, 1.82) is 0 Å². The van der Waals surface area contributed by atoms with Gasteiger partial charge in [0.05, 0.1) is 13.2 Å². The minimum Gasteiger partial charge on any atom is -0.467 e. The van der Waals surface area contributed by atoms with Gasteiger partial charge in [-0.15, -0.1) is 0 Å². The molecule has 0 bridgehead atoms. The van der Waals surface area contributed by atoms with E-state index in [1.165, 1.54) is 7.11 Å². The van der Waals surface area contributed by atoms with E-state index in [0.717, 1.165) is 5.56 Å². The Labute approximate surface area is 135 Å². The van der Waals surface area contributed by atoms with Gasteiger partial charge in [0.1, 0.15) is 0 Å². The number of urea groups is 1. The zero-order chi connectivity index (χ0) is 16.7. The first-order valence-electron chi connectivity index (χ1n) is 7.36. The van der Waals surface area contributed by atoms with E-state index in [1.54, 1.807) is 24.3 Å². The molecule has 2 N–H and O–H groups in total. The summed E-state index contributed by atoms with van der Waals surface area (Å²) >= 11 is 0. The largest absolute Gasteiger partial charge is 0.467 e. The summed E-state index contributed by atoms with van der Waals surface area (Å²) in [5, 5.41) is 5.48. The molecule has 2 atom stereocenters. The van der Waals surface area contributed by atoms with E-state index in [9.17, 15) is 9.59 Å². The fourth-order valence-electron chi connectivity index (χ4n) is 2.24. The first kappa shape index (κ1) is 16.5. The minimum atomic E-state index is -0.843. The lowest BCUT2D eigenvalue weighted by Crippen LogP contribution is -2.42. The maximum atomic E-state index is 12.2. The summed E-state index contributed by atoms with van der Waals surface area (Å²) in [7, 11) is 1.30. The highest BCUT2D eigenvalue weighted by Crippen LogP contribution is 2.15. The molecule has 2 aromatic rings. The number of nitrogens with one attached hydrogen (secondary N) is 2. The van der Waals surface area contributed by atoms with E-state index in [-0.39, 0.29) is 6.04 Å². The van der Waals surface area contributed by atoms with Gasteiger partial charge in [0.15, 0.2) is 6.04 Å². The van der Waals surface area contributed by atoms with E-state index < -0.39 is 18.0 Å². The average Bonchev–Trinajstić information content (AvgIpc) is 2.60. The maximum Gasteiger partial charge on any atom is 0.333 e. The van der Waals surface area contributed by atoms with Crippen molar-refractivity contribution >= 4 is 12.0 Å². The molecule has 0 heterocycles. The Morgan fingerprint density at radius 2 is 1.39 bits per heavy atom. The molecular formula is C18H20N2O3. The van der Waals surface area contributed by atoms with Crippen LogP contribution in [0.2, 0.25) is 0 Å². The molecule has 0 unspecified atom stereocenters. The standard InChI is InChI=1S/C18H20N2O3/c1-13(14-9-5-3-6-10-14)19-18(22)20-16(17(21)23-2)15-11-7-4-8-12-15/h3-13,16H,1-2H3,(H2,19,20,22)/t13-,16-/m0/s1. The van der Waals surface area contributed by atoms with Crippen LogP contribution in [0.15, 0.2) is 60.7 Å². The van der Waals surface area contributed by atoms with Crippen molar-refractivity contribution in [2.24, 2.45) is 0 Å². The third-order valence-electron chi connectivity index (χ3n) is 3.49. The second-order valence-corrected chi connectivity index (χ2v) is 5.12. The van der Waals surface area contributed by atoms with Crippen molar-refractivity contribution in [2.45, 2.75) is 19.0 Å². The van der Waals surface area contributed by atoms with E-state index in [4.69, 9.17) is 4.74 Å². The van der Waals surface area contributed by atoms with Crippen LogP contribution in [0, 0.1) is 0 Å². The molecule has 5 heteroatoms. The molecule has 0 saturated heterocycles. The number of carbonyl (C=O) groups excluding carboxylic acids is 2. The van der Waals surface area contributed by atoms with Crippen LogP contribution in [0.1, 0.15) is 30.1 Å². The topological polar surface area (TPSA) is 67.4 Å². The van der Waals surface area contributed by atoms with Gasteiger partial charge in [-0.3, -0.25) is 0 Å². The Kier molecular flexibility index (Phi) is 5.74. The van der Waals surface area contributed by atoms with Gasteiger partial charge in [-0.05, 0) is 18.1 Å². The normalized spacial score (nSPS) is 12.8. The van der Waals surface area contributed by atoms with Crippen molar-refractivity contribution in [3.8, 4) is 0 Å². The maximum absolute atomic E-state index is 12.2. The molecule has 0 aromatic heterocycles. The number of benzene rings is 2. The molecule has 2 rings (SSSR count). The second kappa shape index (κ2) is 7.98. The smallest absolute Gasteiger partial charge is 0.333 e. The Morgan fingerprint density at radius 3 is 1.91 bits per heavy atom. The first-order valence-corrected chi connectivity index (χ1v) is 7.36. The molecule has 0 radical (unpaired) electrons. The second-order valence-electron chi connectivity index (χ2n) is 5.12. The Balaban J connectivity index is 2.05. The van der Waals surface area contributed by atoms with Crippen molar-refractivity contribution in [2.75, 3.05) is 7.11 Å². The number of hydrogen-bond acceptors (Lipinski definition) is 3. The number of ether oxygens (including phenoxy) is 1. The first-order chi connectivity index (χ1) is 11.1. The fraction of sp³-hybridized carbons (Fsp3) is 0.222. The van der Waals surface area contributed by atoms with E-state index in [0.29, 0.717) is 5.56 Å². The monoisotopic (exact) mass is 312 g/mol. The highest BCUT2D eigenvalue weighted by atomic mass is 16.5. The molecule has 0 aliphatic heterocycles. The van der Waals surface area contributed by atoms with Crippen LogP contribution >= 0.6 is 0 Å². The molecule has 5 nitrogen and oxygen atoms in total. The molecular weight excluding hydrogens is 292 g/mol. The summed E-state index contributed by atoms with van der Waals surface area (Å²) in [5.74, 6) is -0.515. The number of esters is 1. The van der Waals surface area contributed by atoms with E-state index in [1.807, 2.05) is 43.3 Å². The summed E-state index contributed by atoms with van der Waals surface area (Å²) in [6.07, 6.45) is 0. The molecule has 0 spiro atoms. The summed E-state index contributed by atoms with van der Waals surface area (Å²) in [5.41, 5.74) is 1.65. The summed E-state index contributed by atoms with van der Waals surface area (Å²) < 4.78 is 4.78. The number of hydrogen-bond donors (Lipinski definition) is 2. The van der Waals surface area contributed by atoms with Crippen LogP contribution in [0.4, 0.5) is 4.79 Å². The quantitative estimate of drug-likeness (QED) is 0.834. The van der Waals surface area contributed by atoms with E-state index >= 15 is 0 Å². The van der Waals surface area contributed by atoms with E-state index in [2.05, 4.69) is 10.6 Å². The lowest BCUT2D eigenvalue weighted by atomic mass is 10.1. The Bertz CT molecular complexity index is 644. The van der Waals surface area contributed by atoms with Crippen LogP contribution in [-0.2, 0) is 9.53 Å². The zero-order valence-corrected chi connectivity index (χ0v) is 13.2. The lowest BCUT2D eigenvalue weighted by Gasteiger charge is -2.20. The lowest BCUT2D eigenvalue weighted by molar-refractivity contribution is -0.143. The zero-order valence-electron chi connectivity index (χ0n) is 13.2. The number of methoxy groups -OCH3 is 1. The van der Waals surface area contributed by atoms with Gasteiger partial charge in [0, 0.05) is 0 Å². The van der Waals surface area contributed by atoms with Gasteiger partial charge >= 0.3 is 12.0 Å². The predicted molar refractivity (Wildman–Crippen MR) is 87.7 cm³/mol. The van der Waals surface area contributed by atoms with Crippen molar-refractivity contribution < 1.29 is 14.3 Å². The van der Waals surface area contributed by atoms with Crippen molar-refractivity contribution in [1.82, 2.24) is 10.6 Å². The number of carbonyl (C=O) groups is 2. The molecule has 120 valence electrons. The molecule has 0 saturated carbocycles. The molecule has 2 aromatic carbocycles. The summed E-state index contributed by atoms with van der Waals surface area (Å²) in [6.45, 7) is 1.88. The third-order valence-corrected chi connectivity index (χ3v) is 3.49. The van der Waals surface area contributed by atoms with Crippen molar-refractivity contribution in [3.05, 3.63) is 71.8 Å². The predicted octanol–water partition coefficient (Wildman–Crippen LogP) is 2.96. The summed E-state index contributed by atoms with van der Waals surface area (Å²) in [4.78, 5) is 24.1. The average molecular weight is 312 g/mol. The van der Waals surface area contributed by atoms with Crippen LogP contribution in [0.3, 0.4) is 0 Å². The van der Waals surface area contributed by atoms with Crippen LogP contribution < -0.4 is 10.6 Å². The molecule has 0 aliphatic carbocycles. The van der Waals surface area contributed by atoms with Gasteiger partial charge in [0.25, 0.3) is 0 Å². The SMILES string of the molecule is COC(=O)[C@@H](NC(=O)N[C@@H](C)c1ccccc1)c1ccccc1. The van der Waals surface area contributed by atoms with Gasteiger partial charge in [-0.25, -0.2) is 9.59 Å². The summed E-state index contributed by atoms with van der Waals surface area (Å²) in [6, 6.07) is 17.1. The van der Waals surface area contributed by atoms with Gasteiger partial charge < -0.3 is 15.4 Å². The Hall–Kier alpha value is -2.82. The molecule has 23 heavy (non-hydrogen) atoms. The number of amides is 2. The third kappa shape index (κ3) is 4.57. The van der Waals surface area contributed by atoms with Crippen molar-refractivity contribution in [3.63, 3.8) is 0 Å². The Morgan fingerprint density at radius 1 is 0.870 bits per heavy atom. The highest BCUT2D eigenvalue weighted by Gasteiger charge is 2.23. The van der Waals surface area contributed by atoms with Gasteiger partial charge in [0.2, 0.25) is 0 Å². The molecule has 0 aliphatic rings. The van der Waals surface area contributed by atoms with Crippen LogP contribution in [0.5, 0.6) is 0 Å². The number of rotatable bonds is 5. The molecule has 0 fully saturated rings. The minimum absolute atomic E-state index is 0.176.